The topological polar surface area (TPSA) is 273 Å². The molecule has 8 atom stereocenters. The Labute approximate surface area is 361 Å². The fourth-order valence-electron chi connectivity index (χ4n) is 6.75. The lowest BCUT2D eigenvalue weighted by molar-refractivity contribution is -0.216. The minimum absolute atomic E-state index is 0.0364. The average molecular weight is 923 g/mol. The average Bonchev–Trinajstić information content (AvgIpc) is 3.19. The SMILES string of the molecule is CCCCCCCCCCCCCCCC(=O)O[C@H](COC(=O)CCCCCCCCCCSC(=O)CCC)COP(=O)(O)OC1C(O)[C@@H](OP(=O)(O)O)C(O)[C@@H](O)[C@H]1O. The standard InChI is InChI=1S/C40H76O17P2S/c1-3-5-6-7-8-9-10-11-12-13-17-20-23-27-33(42)55-31(29-53-32(41)26-22-19-16-14-15-18-21-24-28-60-34(43)25-4-2)30-54-59(51,52)57-40-37(46)35(44)36(45)39(38(40)47)56-58(48,49)50/h31,35-40,44-47H,3-30H2,1-2H3,(H,51,52)(H2,48,49,50)/t31-,35-,36?,37-,38?,39+,40?/m1/s1. The van der Waals surface area contributed by atoms with E-state index in [0.29, 0.717) is 19.3 Å². The van der Waals surface area contributed by atoms with Crippen LogP contribution in [0.15, 0.2) is 0 Å². The Morgan fingerprint density at radius 1 is 0.533 bits per heavy atom. The number of ether oxygens (including phenoxy) is 2. The Hall–Kier alpha value is -0.980. The number of carbonyl (C=O) groups excluding carboxylic acids is 3. The van der Waals surface area contributed by atoms with Gasteiger partial charge in [0.25, 0.3) is 0 Å². The monoisotopic (exact) mass is 922 g/mol. The number of rotatable bonds is 37. The molecule has 1 rings (SSSR count). The van der Waals surface area contributed by atoms with Crippen LogP contribution in [-0.4, -0.2) is 114 Å². The maximum Gasteiger partial charge on any atom is 0.472 e. The van der Waals surface area contributed by atoms with Crippen molar-refractivity contribution in [2.75, 3.05) is 19.0 Å². The molecule has 1 aliphatic rings. The van der Waals surface area contributed by atoms with E-state index in [1.807, 2.05) is 6.92 Å². The molecule has 0 radical (unpaired) electrons. The van der Waals surface area contributed by atoms with Gasteiger partial charge in [0.2, 0.25) is 0 Å². The normalized spacial score (nSPS) is 22.3. The highest BCUT2D eigenvalue weighted by atomic mass is 32.2. The van der Waals surface area contributed by atoms with E-state index in [0.717, 1.165) is 82.8 Å². The summed E-state index contributed by atoms with van der Waals surface area (Å²) in [5.41, 5.74) is 0. The molecular formula is C40H76O17P2S. The molecule has 1 saturated carbocycles. The van der Waals surface area contributed by atoms with Gasteiger partial charge in [-0.05, 0) is 25.7 Å². The molecule has 7 N–H and O–H groups in total. The lowest BCUT2D eigenvalue weighted by atomic mass is 9.85. The first-order valence-electron chi connectivity index (χ1n) is 22.1. The van der Waals surface area contributed by atoms with Gasteiger partial charge in [0.05, 0.1) is 6.61 Å². The Bertz CT molecular complexity index is 1260. The Morgan fingerprint density at radius 3 is 1.47 bits per heavy atom. The van der Waals surface area contributed by atoms with Gasteiger partial charge in [-0.1, -0.05) is 141 Å². The predicted molar refractivity (Wildman–Crippen MR) is 227 cm³/mol. The Morgan fingerprint density at radius 2 is 0.983 bits per heavy atom. The zero-order valence-electron chi connectivity index (χ0n) is 35.9. The summed E-state index contributed by atoms with van der Waals surface area (Å²) >= 11 is 1.41. The fourth-order valence-corrected chi connectivity index (χ4v) is 9.22. The summed E-state index contributed by atoms with van der Waals surface area (Å²) in [4.78, 5) is 65.7. The predicted octanol–water partition coefficient (Wildman–Crippen LogP) is 6.93. The van der Waals surface area contributed by atoms with Crippen LogP contribution in [0.25, 0.3) is 0 Å². The first-order valence-corrected chi connectivity index (χ1v) is 26.1. The lowest BCUT2D eigenvalue weighted by Gasteiger charge is -2.43. The molecule has 0 aliphatic heterocycles. The van der Waals surface area contributed by atoms with Crippen LogP contribution in [0.5, 0.6) is 0 Å². The summed E-state index contributed by atoms with van der Waals surface area (Å²) < 4.78 is 49.2. The van der Waals surface area contributed by atoms with Crippen LogP contribution >= 0.6 is 27.4 Å². The van der Waals surface area contributed by atoms with Crippen molar-refractivity contribution in [2.24, 2.45) is 0 Å². The molecule has 0 aromatic carbocycles. The zero-order chi connectivity index (χ0) is 44.8. The number of esters is 2. The van der Waals surface area contributed by atoms with Crippen LogP contribution in [-0.2, 0) is 46.6 Å². The smallest absolute Gasteiger partial charge is 0.462 e. The largest absolute Gasteiger partial charge is 0.472 e. The van der Waals surface area contributed by atoms with Gasteiger partial charge in [-0.15, -0.1) is 0 Å². The maximum atomic E-state index is 12.9. The molecule has 0 heterocycles. The second kappa shape index (κ2) is 33.5. The second-order valence-corrected chi connectivity index (χ2v) is 19.4. The third-order valence-corrected chi connectivity index (χ3v) is 12.7. The summed E-state index contributed by atoms with van der Waals surface area (Å²) in [5.74, 6) is -0.387. The first-order chi connectivity index (χ1) is 28.5. The first kappa shape index (κ1) is 57.0. The molecule has 4 unspecified atom stereocenters. The van der Waals surface area contributed by atoms with Gasteiger partial charge < -0.3 is 44.6 Å². The van der Waals surface area contributed by atoms with Crippen molar-refractivity contribution in [3.8, 4) is 0 Å². The highest BCUT2D eigenvalue weighted by Gasteiger charge is 2.54. The van der Waals surface area contributed by atoms with Gasteiger partial charge in [0.15, 0.2) is 11.2 Å². The van der Waals surface area contributed by atoms with Gasteiger partial charge >= 0.3 is 27.6 Å². The van der Waals surface area contributed by atoms with Crippen LogP contribution in [0.1, 0.15) is 174 Å². The third-order valence-electron chi connectivity index (χ3n) is 10.2. The summed E-state index contributed by atoms with van der Waals surface area (Å²) in [7, 11) is -10.7. The van der Waals surface area contributed by atoms with E-state index in [2.05, 4.69) is 11.4 Å². The summed E-state index contributed by atoms with van der Waals surface area (Å²) in [6.45, 7) is 2.83. The molecule has 17 nitrogen and oxygen atoms in total. The van der Waals surface area contributed by atoms with Crippen molar-refractivity contribution in [1.29, 1.82) is 0 Å². The van der Waals surface area contributed by atoms with Crippen LogP contribution < -0.4 is 0 Å². The number of phosphoric ester groups is 2. The van der Waals surface area contributed by atoms with Crippen LogP contribution in [0.3, 0.4) is 0 Å². The molecule has 60 heavy (non-hydrogen) atoms. The number of unbranched alkanes of at least 4 members (excludes halogenated alkanes) is 19. The second-order valence-electron chi connectivity index (χ2n) is 15.7. The van der Waals surface area contributed by atoms with Crippen molar-refractivity contribution < 1.29 is 81.7 Å². The molecule has 0 saturated heterocycles. The van der Waals surface area contributed by atoms with E-state index >= 15 is 0 Å². The number of aliphatic hydroxyl groups excluding tert-OH is 4. The summed E-state index contributed by atoms with van der Waals surface area (Å²) in [6, 6.07) is 0. The van der Waals surface area contributed by atoms with Crippen molar-refractivity contribution in [3.05, 3.63) is 0 Å². The number of hydrogen-bond donors (Lipinski definition) is 7. The molecular weight excluding hydrogens is 846 g/mol. The van der Waals surface area contributed by atoms with Crippen LogP contribution in [0.4, 0.5) is 0 Å². The van der Waals surface area contributed by atoms with Gasteiger partial charge in [-0.2, -0.15) is 0 Å². The maximum absolute atomic E-state index is 12.9. The number of phosphoric acid groups is 2. The molecule has 354 valence electrons. The summed E-state index contributed by atoms with van der Waals surface area (Å²) in [5, 5.41) is 41.4. The van der Waals surface area contributed by atoms with Crippen molar-refractivity contribution in [3.63, 3.8) is 0 Å². The Kier molecular flexibility index (Phi) is 31.9. The number of thioether (sulfide) groups is 1. The lowest BCUT2D eigenvalue weighted by Crippen LogP contribution is -2.64. The minimum Gasteiger partial charge on any atom is -0.462 e. The molecule has 0 bridgehead atoms. The van der Waals surface area contributed by atoms with Crippen molar-refractivity contribution >= 4 is 44.5 Å². The highest BCUT2D eigenvalue weighted by molar-refractivity contribution is 8.13. The van der Waals surface area contributed by atoms with Crippen LogP contribution in [0.2, 0.25) is 0 Å². The van der Waals surface area contributed by atoms with Crippen molar-refractivity contribution in [2.45, 2.75) is 217 Å². The molecule has 0 aromatic heterocycles. The van der Waals surface area contributed by atoms with Crippen molar-refractivity contribution in [1.82, 2.24) is 0 Å². The van der Waals surface area contributed by atoms with E-state index in [9.17, 15) is 48.8 Å². The fraction of sp³-hybridized carbons (Fsp3) is 0.925. The van der Waals surface area contributed by atoms with Gasteiger partial charge in [-0.3, -0.25) is 28.0 Å². The van der Waals surface area contributed by atoms with E-state index in [1.54, 1.807) is 0 Å². The molecule has 0 amide bonds. The zero-order valence-corrected chi connectivity index (χ0v) is 38.5. The minimum atomic E-state index is -5.36. The molecule has 0 aromatic rings. The molecule has 20 heteroatoms. The molecule has 1 aliphatic carbocycles. The van der Waals surface area contributed by atoms with E-state index in [-0.39, 0.29) is 18.0 Å². The van der Waals surface area contributed by atoms with E-state index in [1.165, 1.54) is 63.1 Å². The van der Waals surface area contributed by atoms with Gasteiger partial charge in [0, 0.05) is 25.0 Å². The number of aliphatic hydroxyl groups is 4. The van der Waals surface area contributed by atoms with E-state index in [4.69, 9.17) is 28.3 Å². The van der Waals surface area contributed by atoms with E-state index < -0.39 is 83.5 Å². The Balaban J connectivity index is 2.62. The van der Waals surface area contributed by atoms with Gasteiger partial charge in [-0.25, -0.2) is 9.13 Å². The quantitative estimate of drug-likeness (QED) is 0.0189. The third kappa shape index (κ3) is 27.9. The van der Waals surface area contributed by atoms with Gasteiger partial charge in [0.1, 0.15) is 43.2 Å². The molecule has 0 spiro atoms. The number of carbonyl (C=O) groups is 3. The summed E-state index contributed by atoms with van der Waals surface area (Å²) in [6.07, 6.45) is 8.83. The number of hydrogen-bond acceptors (Lipinski definition) is 15. The molecule has 1 fully saturated rings. The highest BCUT2D eigenvalue weighted by Crippen LogP contribution is 2.49. The van der Waals surface area contributed by atoms with Crippen LogP contribution in [0, 0.1) is 0 Å².